The fourth-order valence-corrected chi connectivity index (χ4v) is 3.41. The van der Waals surface area contributed by atoms with Gasteiger partial charge in [-0.05, 0) is 29.8 Å². The van der Waals surface area contributed by atoms with Gasteiger partial charge in [-0.1, -0.05) is 41.7 Å². The SMILES string of the molecule is COC(=O)c1ccc2c(c1)sc(=NC(=O)/C=C/c1ccccc1)n2C. The van der Waals surface area contributed by atoms with E-state index in [-0.39, 0.29) is 5.91 Å². The molecule has 1 amide bonds. The average Bonchev–Trinajstić information content (AvgIpc) is 2.95. The third-order valence-electron chi connectivity index (χ3n) is 3.65. The number of esters is 1. The molecule has 0 aliphatic heterocycles. The lowest BCUT2D eigenvalue weighted by atomic mass is 10.2. The molecule has 0 spiro atoms. The maximum Gasteiger partial charge on any atom is 0.337 e. The molecule has 0 atom stereocenters. The molecule has 0 N–H and O–H groups in total. The van der Waals surface area contributed by atoms with Crippen LogP contribution in [-0.2, 0) is 16.6 Å². The molecular weight excluding hydrogens is 336 g/mol. The number of nitrogens with zero attached hydrogens (tertiary/aromatic N) is 2. The maximum atomic E-state index is 12.1. The molecule has 3 rings (SSSR count). The normalized spacial score (nSPS) is 12.0. The number of ether oxygens (including phenoxy) is 1. The molecule has 0 aliphatic rings. The number of fused-ring (bicyclic) bond motifs is 1. The van der Waals surface area contributed by atoms with Gasteiger partial charge in [0.05, 0.1) is 22.9 Å². The van der Waals surface area contributed by atoms with Gasteiger partial charge in [0.15, 0.2) is 4.80 Å². The molecule has 0 aliphatic carbocycles. The summed E-state index contributed by atoms with van der Waals surface area (Å²) in [6.07, 6.45) is 3.17. The Kier molecular flexibility index (Phi) is 4.90. The highest BCUT2D eigenvalue weighted by molar-refractivity contribution is 7.16. The van der Waals surface area contributed by atoms with Gasteiger partial charge in [-0.2, -0.15) is 4.99 Å². The number of thiazole rings is 1. The number of aryl methyl sites for hydroxylation is 1. The second-order valence-corrected chi connectivity index (χ2v) is 6.32. The lowest BCUT2D eigenvalue weighted by molar-refractivity contribution is -0.113. The Balaban J connectivity index is 1.93. The minimum Gasteiger partial charge on any atom is -0.465 e. The van der Waals surface area contributed by atoms with Gasteiger partial charge in [0.2, 0.25) is 0 Å². The number of rotatable bonds is 3. The Hall–Kier alpha value is -2.99. The van der Waals surface area contributed by atoms with Crippen LogP contribution in [-0.4, -0.2) is 23.6 Å². The van der Waals surface area contributed by atoms with Crippen molar-refractivity contribution in [3.8, 4) is 0 Å². The molecule has 1 aromatic heterocycles. The molecule has 2 aromatic carbocycles. The van der Waals surface area contributed by atoms with Gasteiger partial charge in [0.25, 0.3) is 5.91 Å². The highest BCUT2D eigenvalue weighted by atomic mass is 32.1. The van der Waals surface area contributed by atoms with Crippen LogP contribution in [0, 0.1) is 0 Å². The highest BCUT2D eigenvalue weighted by Gasteiger charge is 2.09. The van der Waals surface area contributed by atoms with Gasteiger partial charge in [-0.3, -0.25) is 4.79 Å². The van der Waals surface area contributed by atoms with Crippen molar-refractivity contribution in [2.75, 3.05) is 7.11 Å². The monoisotopic (exact) mass is 352 g/mol. The number of benzene rings is 2. The Labute approximate surface area is 148 Å². The van der Waals surface area contributed by atoms with E-state index < -0.39 is 5.97 Å². The van der Waals surface area contributed by atoms with E-state index in [1.54, 1.807) is 18.2 Å². The molecule has 25 heavy (non-hydrogen) atoms. The number of hydrogen-bond donors (Lipinski definition) is 0. The summed E-state index contributed by atoms with van der Waals surface area (Å²) in [5, 5.41) is 0. The molecular formula is C19H16N2O3S. The summed E-state index contributed by atoms with van der Waals surface area (Å²) in [6.45, 7) is 0. The maximum absolute atomic E-state index is 12.1. The number of amides is 1. The number of aromatic nitrogens is 1. The molecule has 126 valence electrons. The Morgan fingerprint density at radius 2 is 1.92 bits per heavy atom. The number of carbonyl (C=O) groups excluding carboxylic acids is 2. The molecule has 0 bridgehead atoms. The smallest absolute Gasteiger partial charge is 0.337 e. The first kappa shape index (κ1) is 16.9. The first-order chi connectivity index (χ1) is 12.1. The fourth-order valence-electron chi connectivity index (χ4n) is 2.35. The predicted molar refractivity (Wildman–Crippen MR) is 98.2 cm³/mol. The molecule has 3 aromatic rings. The van der Waals surface area contributed by atoms with Gasteiger partial charge in [0, 0.05) is 13.1 Å². The number of carbonyl (C=O) groups is 2. The average molecular weight is 352 g/mol. The van der Waals surface area contributed by atoms with Crippen molar-refractivity contribution in [1.82, 2.24) is 4.57 Å². The van der Waals surface area contributed by atoms with Gasteiger partial charge in [-0.25, -0.2) is 4.79 Å². The van der Waals surface area contributed by atoms with Crippen molar-refractivity contribution < 1.29 is 14.3 Å². The van der Waals surface area contributed by atoms with Crippen LogP contribution < -0.4 is 4.80 Å². The zero-order valence-electron chi connectivity index (χ0n) is 13.8. The summed E-state index contributed by atoms with van der Waals surface area (Å²) in [5.74, 6) is -0.725. The number of hydrogen-bond acceptors (Lipinski definition) is 4. The van der Waals surface area contributed by atoms with Crippen molar-refractivity contribution in [2.45, 2.75) is 0 Å². The lowest BCUT2D eigenvalue weighted by Crippen LogP contribution is -2.12. The summed E-state index contributed by atoms with van der Waals surface area (Å²) in [7, 11) is 3.18. The van der Waals surface area contributed by atoms with Crippen molar-refractivity contribution in [2.24, 2.45) is 12.0 Å². The third-order valence-corrected chi connectivity index (χ3v) is 4.75. The number of methoxy groups -OCH3 is 1. The van der Waals surface area contributed by atoms with Crippen molar-refractivity contribution in [3.05, 3.63) is 70.5 Å². The van der Waals surface area contributed by atoms with Gasteiger partial charge < -0.3 is 9.30 Å². The molecule has 0 fully saturated rings. The summed E-state index contributed by atoms with van der Waals surface area (Å²) in [6, 6.07) is 14.8. The first-order valence-corrected chi connectivity index (χ1v) is 8.40. The fraction of sp³-hybridized carbons (Fsp3) is 0.105. The van der Waals surface area contributed by atoms with E-state index in [1.165, 1.54) is 24.5 Å². The largest absolute Gasteiger partial charge is 0.465 e. The summed E-state index contributed by atoms with van der Waals surface area (Å²) >= 11 is 1.35. The second-order valence-electron chi connectivity index (χ2n) is 5.31. The van der Waals surface area contributed by atoms with Crippen molar-refractivity contribution in [1.29, 1.82) is 0 Å². The highest BCUT2D eigenvalue weighted by Crippen LogP contribution is 2.19. The van der Waals surface area contributed by atoms with Gasteiger partial charge in [0.1, 0.15) is 0 Å². The zero-order chi connectivity index (χ0) is 17.8. The van der Waals surface area contributed by atoms with E-state index in [1.807, 2.05) is 48.0 Å². The predicted octanol–water partition coefficient (Wildman–Crippen LogP) is 3.17. The molecule has 6 heteroatoms. The Morgan fingerprint density at radius 1 is 1.16 bits per heavy atom. The first-order valence-electron chi connectivity index (χ1n) is 7.58. The lowest BCUT2D eigenvalue weighted by Gasteiger charge is -1.99. The summed E-state index contributed by atoms with van der Waals surface area (Å²) in [4.78, 5) is 28.5. The Bertz CT molecular complexity index is 1030. The van der Waals surface area contributed by atoms with Crippen LogP contribution in [0.5, 0.6) is 0 Å². The topological polar surface area (TPSA) is 60.7 Å². The van der Waals surface area contributed by atoms with Gasteiger partial charge in [-0.15, -0.1) is 0 Å². The van der Waals surface area contributed by atoms with E-state index in [9.17, 15) is 9.59 Å². The Morgan fingerprint density at radius 3 is 2.64 bits per heavy atom. The molecule has 5 nitrogen and oxygen atoms in total. The summed E-state index contributed by atoms with van der Waals surface area (Å²) in [5.41, 5.74) is 2.31. The van der Waals surface area contributed by atoms with Crippen molar-refractivity contribution >= 4 is 39.5 Å². The van der Waals surface area contributed by atoms with E-state index >= 15 is 0 Å². The van der Waals surface area contributed by atoms with Crippen LogP contribution in [0.15, 0.2) is 59.6 Å². The minimum atomic E-state index is -0.390. The quantitative estimate of drug-likeness (QED) is 0.537. The molecule has 0 saturated carbocycles. The van der Waals surface area contributed by atoms with Gasteiger partial charge >= 0.3 is 5.97 Å². The van der Waals surface area contributed by atoms with E-state index in [2.05, 4.69) is 4.99 Å². The second kappa shape index (κ2) is 7.27. The molecule has 1 heterocycles. The molecule has 0 unspecified atom stereocenters. The van der Waals surface area contributed by atoms with E-state index in [0.29, 0.717) is 10.4 Å². The van der Waals surface area contributed by atoms with E-state index in [0.717, 1.165) is 15.8 Å². The standard InChI is InChI=1S/C19H16N2O3S/c1-21-15-10-9-14(18(23)24-2)12-16(15)25-19(21)20-17(22)11-8-13-6-4-3-5-7-13/h3-12H,1-2H3/b11-8+,20-19?. The van der Waals surface area contributed by atoms with Crippen LogP contribution >= 0.6 is 11.3 Å². The molecule has 0 radical (unpaired) electrons. The third kappa shape index (κ3) is 3.75. The summed E-state index contributed by atoms with van der Waals surface area (Å²) < 4.78 is 7.43. The zero-order valence-corrected chi connectivity index (χ0v) is 14.6. The van der Waals surface area contributed by atoms with E-state index in [4.69, 9.17) is 4.74 Å². The van der Waals surface area contributed by atoms with Crippen LogP contribution in [0.3, 0.4) is 0 Å². The van der Waals surface area contributed by atoms with Crippen LogP contribution in [0.2, 0.25) is 0 Å². The van der Waals surface area contributed by atoms with Crippen LogP contribution in [0.1, 0.15) is 15.9 Å². The minimum absolute atomic E-state index is 0.334. The molecule has 0 saturated heterocycles. The van der Waals surface area contributed by atoms with Crippen LogP contribution in [0.25, 0.3) is 16.3 Å². The van der Waals surface area contributed by atoms with Crippen LogP contribution in [0.4, 0.5) is 0 Å². The van der Waals surface area contributed by atoms with Crippen molar-refractivity contribution in [3.63, 3.8) is 0 Å².